The fourth-order valence-corrected chi connectivity index (χ4v) is 1.64. The van der Waals surface area contributed by atoms with E-state index in [-0.39, 0.29) is 24.0 Å². The van der Waals surface area contributed by atoms with Gasteiger partial charge >= 0.3 is 0 Å². The maximum atomic E-state index is 11.6. The number of nitrogens with one attached hydrogen (secondary N) is 2. The van der Waals surface area contributed by atoms with E-state index in [1.807, 2.05) is 0 Å². The fourth-order valence-electron chi connectivity index (χ4n) is 1.64. The van der Waals surface area contributed by atoms with E-state index in [0.717, 1.165) is 0 Å². The van der Waals surface area contributed by atoms with Crippen molar-refractivity contribution in [2.75, 3.05) is 13.1 Å². The van der Waals surface area contributed by atoms with Gasteiger partial charge in [0.15, 0.2) is 5.76 Å². The van der Waals surface area contributed by atoms with E-state index < -0.39 is 0 Å². The molecule has 0 unspecified atom stereocenters. The van der Waals surface area contributed by atoms with Gasteiger partial charge in [-0.05, 0) is 25.5 Å². The molecule has 21 heavy (non-hydrogen) atoms. The van der Waals surface area contributed by atoms with Gasteiger partial charge in [-0.1, -0.05) is 10.3 Å². The third kappa shape index (κ3) is 4.44. The van der Waals surface area contributed by atoms with E-state index in [1.54, 1.807) is 19.1 Å². The van der Waals surface area contributed by atoms with Crippen molar-refractivity contribution in [1.29, 1.82) is 0 Å². The van der Waals surface area contributed by atoms with Gasteiger partial charge in [-0.15, -0.1) is 0 Å². The van der Waals surface area contributed by atoms with Crippen LogP contribution in [0.15, 0.2) is 27.4 Å². The maximum absolute atomic E-state index is 11.6. The van der Waals surface area contributed by atoms with Gasteiger partial charge in [0.05, 0.1) is 12.7 Å². The minimum Gasteiger partial charge on any atom is -0.459 e. The van der Waals surface area contributed by atoms with Crippen molar-refractivity contribution < 1.29 is 18.6 Å². The summed E-state index contributed by atoms with van der Waals surface area (Å²) in [6.07, 6.45) is 2.19. The Balaban J connectivity index is 1.58. The molecule has 2 N–H and O–H groups in total. The third-order valence-corrected chi connectivity index (χ3v) is 2.78. The monoisotopic (exact) mass is 292 g/mol. The quantitative estimate of drug-likeness (QED) is 0.717. The summed E-state index contributed by atoms with van der Waals surface area (Å²) in [6.45, 7) is 2.63. The first-order chi connectivity index (χ1) is 10.2. The zero-order chi connectivity index (χ0) is 15.1. The van der Waals surface area contributed by atoms with Crippen LogP contribution in [0.5, 0.6) is 0 Å². The summed E-state index contributed by atoms with van der Waals surface area (Å²) in [6, 6.07) is 3.24. The highest BCUT2D eigenvalue weighted by Gasteiger charge is 2.10. The van der Waals surface area contributed by atoms with Crippen molar-refractivity contribution in [3.05, 3.63) is 35.5 Å². The summed E-state index contributed by atoms with van der Waals surface area (Å²) >= 11 is 0. The molecule has 0 saturated heterocycles. The van der Waals surface area contributed by atoms with E-state index in [9.17, 15) is 9.59 Å². The van der Waals surface area contributed by atoms with Crippen molar-refractivity contribution in [2.24, 2.45) is 0 Å². The zero-order valence-electron chi connectivity index (χ0n) is 11.6. The summed E-state index contributed by atoms with van der Waals surface area (Å²) in [4.78, 5) is 23.2. The smallest absolute Gasteiger partial charge is 0.286 e. The largest absolute Gasteiger partial charge is 0.459 e. The SMILES string of the molecule is Cc1nonc1CC(=O)NCCCNC(=O)c1ccco1. The molecule has 8 heteroatoms. The number of aryl methyl sites for hydroxylation is 1. The lowest BCUT2D eigenvalue weighted by molar-refractivity contribution is -0.120. The highest BCUT2D eigenvalue weighted by molar-refractivity contribution is 5.91. The van der Waals surface area contributed by atoms with Crippen LogP contribution in [0.3, 0.4) is 0 Å². The van der Waals surface area contributed by atoms with Crippen molar-refractivity contribution >= 4 is 11.8 Å². The number of hydrogen-bond donors (Lipinski definition) is 2. The Kier molecular flexibility index (Phi) is 5.08. The van der Waals surface area contributed by atoms with Crippen LogP contribution in [0, 0.1) is 6.92 Å². The van der Waals surface area contributed by atoms with E-state index in [0.29, 0.717) is 30.9 Å². The Hall–Kier alpha value is -2.64. The second-order valence-corrected chi connectivity index (χ2v) is 4.41. The molecular formula is C13H16N4O4. The number of nitrogens with zero attached hydrogens (tertiary/aromatic N) is 2. The van der Waals surface area contributed by atoms with Crippen molar-refractivity contribution in [2.45, 2.75) is 19.8 Å². The minimum absolute atomic E-state index is 0.133. The van der Waals surface area contributed by atoms with Crippen molar-refractivity contribution in [3.8, 4) is 0 Å². The Morgan fingerprint density at radius 3 is 2.71 bits per heavy atom. The summed E-state index contributed by atoms with van der Waals surface area (Å²) in [5.74, 6) is -0.158. The van der Waals surface area contributed by atoms with Crippen LogP contribution in [0.1, 0.15) is 28.4 Å². The van der Waals surface area contributed by atoms with Gasteiger partial charge in [0.1, 0.15) is 11.4 Å². The van der Waals surface area contributed by atoms with Gasteiger partial charge < -0.3 is 15.1 Å². The van der Waals surface area contributed by atoms with Crippen LogP contribution in [0.2, 0.25) is 0 Å². The molecule has 0 radical (unpaired) electrons. The van der Waals surface area contributed by atoms with E-state index in [1.165, 1.54) is 6.26 Å². The molecule has 112 valence electrons. The first-order valence-corrected chi connectivity index (χ1v) is 6.53. The summed E-state index contributed by atoms with van der Waals surface area (Å²) in [5, 5.41) is 12.7. The lowest BCUT2D eigenvalue weighted by Crippen LogP contribution is -2.30. The number of carbonyl (C=O) groups excluding carboxylic acids is 2. The van der Waals surface area contributed by atoms with Crippen molar-refractivity contribution in [1.82, 2.24) is 20.9 Å². The number of rotatable bonds is 7. The number of hydrogen-bond acceptors (Lipinski definition) is 6. The molecule has 0 aromatic carbocycles. The summed E-state index contributed by atoms with van der Waals surface area (Å²) in [7, 11) is 0. The Labute approximate surface area is 120 Å². The summed E-state index contributed by atoms with van der Waals surface area (Å²) < 4.78 is 9.47. The highest BCUT2D eigenvalue weighted by Crippen LogP contribution is 2.01. The van der Waals surface area contributed by atoms with Gasteiger partial charge in [-0.2, -0.15) is 0 Å². The summed E-state index contributed by atoms with van der Waals surface area (Å²) in [5.41, 5.74) is 1.13. The molecule has 0 aliphatic carbocycles. The number of aromatic nitrogens is 2. The van der Waals surface area contributed by atoms with Gasteiger partial charge in [-0.25, -0.2) is 4.63 Å². The van der Waals surface area contributed by atoms with Crippen LogP contribution in [-0.2, 0) is 11.2 Å². The predicted molar refractivity (Wildman–Crippen MR) is 71.4 cm³/mol. The van der Waals surface area contributed by atoms with E-state index in [4.69, 9.17) is 4.42 Å². The number of furan rings is 1. The highest BCUT2D eigenvalue weighted by atomic mass is 16.6. The van der Waals surface area contributed by atoms with Gasteiger partial charge in [0, 0.05) is 13.1 Å². The Morgan fingerprint density at radius 2 is 2.05 bits per heavy atom. The molecule has 2 heterocycles. The molecule has 2 rings (SSSR count). The molecule has 2 aromatic rings. The Bertz CT molecular complexity index is 591. The normalized spacial score (nSPS) is 10.3. The molecule has 0 bridgehead atoms. The molecule has 0 atom stereocenters. The molecule has 0 aliphatic heterocycles. The van der Waals surface area contributed by atoms with Crippen LogP contribution in [0.4, 0.5) is 0 Å². The van der Waals surface area contributed by atoms with Crippen LogP contribution in [0.25, 0.3) is 0 Å². The molecular weight excluding hydrogens is 276 g/mol. The van der Waals surface area contributed by atoms with Crippen LogP contribution < -0.4 is 10.6 Å². The van der Waals surface area contributed by atoms with E-state index in [2.05, 4.69) is 25.6 Å². The lowest BCUT2D eigenvalue weighted by Gasteiger charge is -2.05. The lowest BCUT2D eigenvalue weighted by atomic mass is 10.2. The number of carbonyl (C=O) groups is 2. The maximum Gasteiger partial charge on any atom is 0.286 e. The average Bonchev–Trinajstić information content (AvgIpc) is 3.11. The molecule has 0 aliphatic rings. The standard InChI is InChI=1S/C13H16N4O4/c1-9-10(17-21-16-9)8-12(18)14-5-3-6-15-13(19)11-4-2-7-20-11/h2,4,7H,3,5-6,8H2,1H3,(H,14,18)(H,15,19). The topological polar surface area (TPSA) is 110 Å². The zero-order valence-corrected chi connectivity index (χ0v) is 11.6. The van der Waals surface area contributed by atoms with Gasteiger partial charge in [0.2, 0.25) is 5.91 Å². The Morgan fingerprint density at radius 1 is 1.24 bits per heavy atom. The molecule has 2 amide bonds. The number of amides is 2. The van der Waals surface area contributed by atoms with Gasteiger partial charge in [0.25, 0.3) is 5.91 Å². The molecule has 0 fully saturated rings. The first-order valence-electron chi connectivity index (χ1n) is 6.53. The predicted octanol–water partition coefficient (Wildman–Crippen LogP) is 0.450. The second kappa shape index (κ2) is 7.22. The first kappa shape index (κ1) is 14.8. The molecule has 2 aromatic heterocycles. The fraction of sp³-hybridized carbons (Fsp3) is 0.385. The second-order valence-electron chi connectivity index (χ2n) is 4.41. The molecule has 0 saturated carbocycles. The van der Waals surface area contributed by atoms with Crippen LogP contribution in [-0.4, -0.2) is 35.2 Å². The van der Waals surface area contributed by atoms with Gasteiger partial charge in [-0.3, -0.25) is 9.59 Å². The molecule has 8 nitrogen and oxygen atoms in total. The van der Waals surface area contributed by atoms with Crippen molar-refractivity contribution in [3.63, 3.8) is 0 Å². The average molecular weight is 292 g/mol. The third-order valence-electron chi connectivity index (χ3n) is 2.78. The van der Waals surface area contributed by atoms with E-state index >= 15 is 0 Å². The van der Waals surface area contributed by atoms with Crippen LogP contribution >= 0.6 is 0 Å². The molecule has 0 spiro atoms. The minimum atomic E-state index is -0.268.